The van der Waals surface area contributed by atoms with Gasteiger partial charge in [0.15, 0.2) is 0 Å². The number of methoxy groups -OCH3 is 1. The summed E-state index contributed by atoms with van der Waals surface area (Å²) in [5.41, 5.74) is 4.64. The third-order valence-electron chi connectivity index (χ3n) is 6.89. The van der Waals surface area contributed by atoms with Crippen molar-refractivity contribution in [2.45, 2.75) is 52.0 Å². The molecule has 1 heterocycles. The Kier molecular flexibility index (Phi) is 9.75. The molecule has 0 saturated heterocycles. The van der Waals surface area contributed by atoms with E-state index in [9.17, 15) is 14.4 Å². The molecular weight excluding hydrogens is 546 g/mol. The number of nitrogens with one attached hydrogen (secondary N) is 1. The molecule has 9 heteroatoms. The van der Waals surface area contributed by atoms with E-state index in [0.717, 1.165) is 27.9 Å². The maximum Gasteiger partial charge on any atom is 0.411 e. The maximum atomic E-state index is 13.5. The minimum Gasteiger partial charge on any atom is -0.489 e. The molecule has 226 valence electrons. The molecule has 1 aliphatic rings. The van der Waals surface area contributed by atoms with Crippen molar-refractivity contribution >= 4 is 35.4 Å². The van der Waals surface area contributed by atoms with Gasteiger partial charge in [0.25, 0.3) is 0 Å². The molecule has 0 fully saturated rings. The molecule has 3 aromatic carbocycles. The fourth-order valence-electron chi connectivity index (χ4n) is 4.59. The Hall–Kier alpha value is -4.79. The predicted molar refractivity (Wildman–Crippen MR) is 167 cm³/mol. The van der Waals surface area contributed by atoms with Crippen LogP contribution in [0.25, 0.3) is 6.08 Å². The summed E-state index contributed by atoms with van der Waals surface area (Å²) in [4.78, 5) is 41.7. The predicted octanol–water partition coefficient (Wildman–Crippen LogP) is 5.82. The van der Waals surface area contributed by atoms with Crippen molar-refractivity contribution in [3.8, 4) is 5.75 Å². The first-order valence-electron chi connectivity index (χ1n) is 14.1. The number of hydrogen-bond donors (Lipinski definition) is 1. The summed E-state index contributed by atoms with van der Waals surface area (Å²) in [6.07, 6.45) is 2.71. The highest BCUT2D eigenvalue weighted by Gasteiger charge is 2.37. The highest BCUT2D eigenvalue weighted by atomic mass is 16.6. The van der Waals surface area contributed by atoms with Gasteiger partial charge < -0.3 is 24.4 Å². The van der Waals surface area contributed by atoms with E-state index in [2.05, 4.69) is 10.1 Å². The van der Waals surface area contributed by atoms with Gasteiger partial charge in [0, 0.05) is 38.0 Å². The van der Waals surface area contributed by atoms with Crippen LogP contribution in [0.1, 0.15) is 43.0 Å². The van der Waals surface area contributed by atoms with Gasteiger partial charge in [-0.05, 0) is 85.5 Å². The second-order valence-corrected chi connectivity index (χ2v) is 11.6. The van der Waals surface area contributed by atoms with Crippen molar-refractivity contribution in [3.63, 3.8) is 0 Å². The van der Waals surface area contributed by atoms with Crippen LogP contribution in [0.4, 0.5) is 16.2 Å². The van der Waals surface area contributed by atoms with Crippen molar-refractivity contribution in [2.24, 2.45) is 0 Å². The third kappa shape index (κ3) is 8.61. The molecule has 0 spiro atoms. The number of carbonyl (C=O) groups is 3. The number of esters is 1. The number of fused-ring (bicyclic) bond motifs is 1. The molecule has 4 rings (SSSR count). The lowest BCUT2D eigenvalue weighted by Crippen LogP contribution is -2.52. The first-order valence-corrected chi connectivity index (χ1v) is 14.1. The lowest BCUT2D eigenvalue weighted by molar-refractivity contribution is -0.134. The van der Waals surface area contributed by atoms with Gasteiger partial charge in [0.1, 0.15) is 24.0 Å². The van der Waals surface area contributed by atoms with Crippen LogP contribution in [0, 0.1) is 0 Å². The quantitative estimate of drug-likeness (QED) is 0.263. The molecular formula is C34H39N3O6. The molecule has 0 radical (unpaired) electrons. The fraction of sp³-hybridized carbons (Fsp3) is 0.324. The second-order valence-electron chi connectivity index (χ2n) is 11.6. The minimum atomic E-state index is -0.775. The first kappa shape index (κ1) is 31.2. The van der Waals surface area contributed by atoms with E-state index in [1.54, 1.807) is 51.1 Å². The van der Waals surface area contributed by atoms with Crippen LogP contribution in [-0.4, -0.2) is 55.7 Å². The SMILES string of the molecule is COC(=O)/C=C/c1ccc(NC(=O)[C@@H]2Cc3ccc(OCc4ccc(N(C)C)cc4)cc3CN2C(=O)OC(C)(C)C)cc1. The molecule has 2 amide bonds. The van der Waals surface area contributed by atoms with E-state index in [1.807, 2.05) is 61.5 Å². The number of hydrogen-bond acceptors (Lipinski definition) is 7. The van der Waals surface area contributed by atoms with Gasteiger partial charge in [0.05, 0.1) is 13.7 Å². The number of rotatable bonds is 8. The average molecular weight is 586 g/mol. The molecule has 0 aliphatic carbocycles. The number of ether oxygens (including phenoxy) is 3. The summed E-state index contributed by atoms with van der Waals surface area (Å²) >= 11 is 0. The van der Waals surface area contributed by atoms with Gasteiger partial charge in [-0.15, -0.1) is 0 Å². The van der Waals surface area contributed by atoms with Crippen LogP contribution >= 0.6 is 0 Å². The van der Waals surface area contributed by atoms with Gasteiger partial charge in [-0.2, -0.15) is 0 Å². The zero-order valence-electron chi connectivity index (χ0n) is 25.5. The molecule has 1 atom stereocenters. The van der Waals surface area contributed by atoms with Crippen molar-refractivity contribution in [1.82, 2.24) is 4.90 Å². The Morgan fingerprint density at radius 3 is 2.30 bits per heavy atom. The van der Waals surface area contributed by atoms with Crippen LogP contribution in [0.5, 0.6) is 5.75 Å². The fourth-order valence-corrected chi connectivity index (χ4v) is 4.59. The van der Waals surface area contributed by atoms with Gasteiger partial charge in [-0.25, -0.2) is 9.59 Å². The average Bonchev–Trinajstić information content (AvgIpc) is 2.98. The van der Waals surface area contributed by atoms with Crippen LogP contribution in [0.15, 0.2) is 72.8 Å². The Balaban J connectivity index is 1.49. The molecule has 0 aromatic heterocycles. The summed E-state index contributed by atoms with van der Waals surface area (Å²) in [5, 5.41) is 2.92. The standard InChI is InChI=1S/C34H39N3O6/c1-34(2,3)43-33(40)37-21-26-19-29(42-22-24-9-15-28(16-10-24)36(4)5)17-12-25(26)20-30(37)32(39)35-27-13-7-23(8-14-27)11-18-31(38)41-6/h7-19,30H,20-22H2,1-6H3,(H,35,39)/b18-11+/t30-/m0/s1. The molecule has 1 aliphatic heterocycles. The molecule has 0 saturated carbocycles. The summed E-state index contributed by atoms with van der Waals surface area (Å²) in [7, 11) is 5.31. The van der Waals surface area contributed by atoms with Gasteiger partial charge in [-0.1, -0.05) is 30.3 Å². The summed E-state index contributed by atoms with van der Waals surface area (Å²) in [6.45, 7) is 6.00. The molecule has 0 bridgehead atoms. The van der Waals surface area contributed by atoms with Crippen LogP contribution in [0.3, 0.4) is 0 Å². The van der Waals surface area contributed by atoms with Crippen LogP contribution in [0.2, 0.25) is 0 Å². The normalized spacial score (nSPS) is 14.6. The number of carbonyl (C=O) groups excluding carboxylic acids is 3. The monoisotopic (exact) mass is 585 g/mol. The van der Waals surface area contributed by atoms with E-state index < -0.39 is 23.7 Å². The van der Waals surface area contributed by atoms with E-state index in [4.69, 9.17) is 9.47 Å². The van der Waals surface area contributed by atoms with E-state index in [-0.39, 0.29) is 12.5 Å². The maximum absolute atomic E-state index is 13.5. The van der Waals surface area contributed by atoms with Crippen molar-refractivity contribution < 1.29 is 28.6 Å². The second kappa shape index (κ2) is 13.5. The summed E-state index contributed by atoms with van der Waals surface area (Å²) in [5.74, 6) is -0.0922. The Morgan fingerprint density at radius 1 is 0.977 bits per heavy atom. The lowest BCUT2D eigenvalue weighted by Gasteiger charge is -2.37. The zero-order chi connectivity index (χ0) is 31.1. The van der Waals surface area contributed by atoms with Crippen molar-refractivity contribution in [1.29, 1.82) is 0 Å². The molecule has 0 unspecified atom stereocenters. The Morgan fingerprint density at radius 2 is 1.67 bits per heavy atom. The van der Waals surface area contributed by atoms with Crippen LogP contribution in [-0.2, 0) is 38.6 Å². The lowest BCUT2D eigenvalue weighted by atomic mass is 9.93. The Bertz CT molecular complexity index is 1470. The third-order valence-corrected chi connectivity index (χ3v) is 6.89. The molecule has 9 nitrogen and oxygen atoms in total. The van der Waals surface area contributed by atoms with Crippen LogP contribution < -0.4 is 15.0 Å². The number of anilines is 2. The summed E-state index contributed by atoms with van der Waals surface area (Å²) < 4.78 is 16.4. The van der Waals surface area contributed by atoms with E-state index in [1.165, 1.54) is 18.1 Å². The molecule has 1 N–H and O–H groups in total. The van der Waals surface area contributed by atoms with Gasteiger partial charge in [0.2, 0.25) is 5.91 Å². The van der Waals surface area contributed by atoms with E-state index in [0.29, 0.717) is 24.5 Å². The highest BCUT2D eigenvalue weighted by molar-refractivity contribution is 5.97. The number of nitrogens with zero attached hydrogens (tertiary/aromatic N) is 2. The zero-order valence-corrected chi connectivity index (χ0v) is 25.5. The molecule has 43 heavy (non-hydrogen) atoms. The van der Waals surface area contributed by atoms with Gasteiger partial charge in [-0.3, -0.25) is 9.69 Å². The minimum absolute atomic E-state index is 0.203. The topological polar surface area (TPSA) is 97.4 Å². The Labute approximate surface area is 253 Å². The largest absolute Gasteiger partial charge is 0.489 e. The van der Waals surface area contributed by atoms with Crippen molar-refractivity contribution in [2.75, 3.05) is 31.4 Å². The summed E-state index contributed by atoms with van der Waals surface area (Å²) in [6, 6.07) is 20.2. The van der Waals surface area contributed by atoms with E-state index >= 15 is 0 Å². The smallest absolute Gasteiger partial charge is 0.411 e. The molecule has 3 aromatic rings. The first-order chi connectivity index (χ1) is 20.4. The number of benzene rings is 3. The highest BCUT2D eigenvalue weighted by Crippen LogP contribution is 2.30. The number of amides is 2. The van der Waals surface area contributed by atoms with Crippen molar-refractivity contribution in [3.05, 3.63) is 95.1 Å². The van der Waals surface area contributed by atoms with Gasteiger partial charge >= 0.3 is 12.1 Å².